The zero-order valence-electron chi connectivity index (χ0n) is 12.6. The lowest BCUT2D eigenvalue weighted by Crippen LogP contribution is -2.41. The van der Waals surface area contributed by atoms with E-state index in [9.17, 15) is 9.59 Å². The summed E-state index contributed by atoms with van der Waals surface area (Å²) >= 11 is 6.12. The van der Waals surface area contributed by atoms with Crippen molar-refractivity contribution in [3.05, 3.63) is 22.7 Å². The molecule has 120 valence electrons. The summed E-state index contributed by atoms with van der Waals surface area (Å²) in [5.74, 6) is 0.198. The fourth-order valence-electron chi connectivity index (χ4n) is 2.59. The zero-order valence-corrected chi connectivity index (χ0v) is 13.4. The zero-order chi connectivity index (χ0) is 16.3. The van der Waals surface area contributed by atoms with E-state index >= 15 is 0 Å². The van der Waals surface area contributed by atoms with Gasteiger partial charge in [-0.15, -0.1) is 0 Å². The number of halogens is 1. The van der Waals surface area contributed by atoms with Crippen LogP contribution in [0.3, 0.4) is 0 Å². The van der Waals surface area contributed by atoms with Gasteiger partial charge in [-0.05, 0) is 25.0 Å². The van der Waals surface area contributed by atoms with E-state index in [2.05, 4.69) is 0 Å². The van der Waals surface area contributed by atoms with Crippen LogP contribution in [-0.2, 0) is 4.79 Å². The number of likely N-dealkylation sites (tertiary alicyclic amines) is 1. The van der Waals surface area contributed by atoms with E-state index in [0.29, 0.717) is 48.0 Å². The Labute approximate surface area is 134 Å². The van der Waals surface area contributed by atoms with Crippen LogP contribution in [0.5, 0.6) is 11.5 Å². The van der Waals surface area contributed by atoms with Crippen LogP contribution in [0.15, 0.2) is 12.1 Å². The topological polar surface area (TPSA) is 81.9 Å². The van der Waals surface area contributed by atoms with Gasteiger partial charge in [0, 0.05) is 24.6 Å². The normalized spacial score (nSPS) is 15.5. The molecule has 0 atom stereocenters. The molecule has 1 aliphatic rings. The third-order valence-electron chi connectivity index (χ3n) is 3.87. The van der Waals surface area contributed by atoms with E-state index in [1.54, 1.807) is 17.0 Å². The number of methoxy groups -OCH3 is 2. The standard InChI is InChI=1S/C15H19ClN2O4/c1-21-12-8-10(7-11(16)13(12)22-2)15(20)18-5-3-9(4-6-18)14(17)19/h7-9H,3-6H2,1-2H3,(H2,17,19). The Bertz CT molecular complexity index is 583. The van der Waals surface area contributed by atoms with Crippen LogP contribution in [0.4, 0.5) is 0 Å². The van der Waals surface area contributed by atoms with Gasteiger partial charge in [0.25, 0.3) is 5.91 Å². The molecule has 0 aromatic heterocycles. The Morgan fingerprint density at radius 3 is 2.36 bits per heavy atom. The number of carbonyl (C=O) groups is 2. The van der Waals surface area contributed by atoms with Crippen molar-refractivity contribution in [1.82, 2.24) is 4.90 Å². The van der Waals surface area contributed by atoms with E-state index in [-0.39, 0.29) is 17.7 Å². The third kappa shape index (κ3) is 3.27. The van der Waals surface area contributed by atoms with E-state index in [1.807, 2.05) is 0 Å². The Morgan fingerprint density at radius 2 is 1.86 bits per heavy atom. The van der Waals surface area contributed by atoms with Gasteiger partial charge in [-0.1, -0.05) is 11.6 Å². The van der Waals surface area contributed by atoms with Crippen molar-refractivity contribution in [3.63, 3.8) is 0 Å². The summed E-state index contributed by atoms with van der Waals surface area (Å²) in [4.78, 5) is 25.4. The van der Waals surface area contributed by atoms with E-state index < -0.39 is 0 Å². The average Bonchev–Trinajstić information content (AvgIpc) is 2.53. The van der Waals surface area contributed by atoms with Crippen LogP contribution in [0, 0.1) is 5.92 Å². The lowest BCUT2D eigenvalue weighted by Gasteiger charge is -2.30. The molecule has 1 aromatic rings. The predicted octanol–water partition coefficient (Wildman–Crippen LogP) is 1.69. The van der Waals surface area contributed by atoms with Crippen molar-refractivity contribution in [1.29, 1.82) is 0 Å². The fraction of sp³-hybridized carbons (Fsp3) is 0.467. The molecule has 22 heavy (non-hydrogen) atoms. The second kappa shape index (κ2) is 6.87. The molecule has 0 aliphatic carbocycles. The number of piperidine rings is 1. The number of ether oxygens (including phenoxy) is 2. The van der Waals surface area contributed by atoms with Crippen LogP contribution in [0.1, 0.15) is 23.2 Å². The molecule has 1 saturated heterocycles. The molecule has 0 spiro atoms. The maximum atomic E-state index is 12.6. The Hall–Kier alpha value is -1.95. The quantitative estimate of drug-likeness (QED) is 0.913. The summed E-state index contributed by atoms with van der Waals surface area (Å²) < 4.78 is 10.4. The minimum atomic E-state index is -0.304. The largest absolute Gasteiger partial charge is 0.493 e. The van der Waals surface area contributed by atoms with Gasteiger partial charge < -0.3 is 20.1 Å². The van der Waals surface area contributed by atoms with Gasteiger partial charge in [0.2, 0.25) is 5.91 Å². The summed E-state index contributed by atoms with van der Waals surface area (Å²) in [6, 6.07) is 3.17. The molecule has 0 saturated carbocycles. The first-order valence-electron chi connectivity index (χ1n) is 6.98. The fourth-order valence-corrected chi connectivity index (χ4v) is 2.88. The van der Waals surface area contributed by atoms with Gasteiger partial charge >= 0.3 is 0 Å². The highest BCUT2D eigenvalue weighted by Crippen LogP contribution is 2.36. The molecule has 2 N–H and O–H groups in total. The van der Waals surface area contributed by atoms with E-state index in [0.717, 1.165) is 0 Å². The molecule has 7 heteroatoms. The molecule has 6 nitrogen and oxygen atoms in total. The highest BCUT2D eigenvalue weighted by Gasteiger charge is 2.27. The number of hydrogen-bond acceptors (Lipinski definition) is 4. The molecular weight excluding hydrogens is 308 g/mol. The minimum Gasteiger partial charge on any atom is -0.493 e. The molecule has 0 bridgehead atoms. The number of hydrogen-bond donors (Lipinski definition) is 1. The lowest BCUT2D eigenvalue weighted by atomic mass is 9.96. The monoisotopic (exact) mass is 326 g/mol. The van der Waals surface area contributed by atoms with Crippen LogP contribution in [0.25, 0.3) is 0 Å². The maximum absolute atomic E-state index is 12.6. The van der Waals surface area contributed by atoms with Gasteiger partial charge in [0.15, 0.2) is 11.5 Å². The van der Waals surface area contributed by atoms with Crippen LogP contribution in [0.2, 0.25) is 5.02 Å². The highest BCUT2D eigenvalue weighted by atomic mass is 35.5. The van der Waals surface area contributed by atoms with Crippen LogP contribution < -0.4 is 15.2 Å². The SMILES string of the molecule is COc1cc(C(=O)N2CCC(C(N)=O)CC2)cc(Cl)c1OC. The number of primary amides is 1. The van der Waals surface area contributed by atoms with Crippen molar-refractivity contribution < 1.29 is 19.1 Å². The van der Waals surface area contributed by atoms with Gasteiger partial charge in [0.1, 0.15) is 0 Å². The lowest BCUT2D eigenvalue weighted by molar-refractivity contribution is -0.123. The average molecular weight is 327 g/mol. The van der Waals surface area contributed by atoms with Crippen LogP contribution >= 0.6 is 11.6 Å². The van der Waals surface area contributed by atoms with Crippen molar-refractivity contribution >= 4 is 23.4 Å². The van der Waals surface area contributed by atoms with Crippen molar-refractivity contribution in [3.8, 4) is 11.5 Å². The maximum Gasteiger partial charge on any atom is 0.254 e. The molecule has 0 unspecified atom stereocenters. The molecule has 2 amide bonds. The molecule has 2 rings (SSSR count). The molecule has 1 aliphatic heterocycles. The predicted molar refractivity (Wildman–Crippen MR) is 82.4 cm³/mol. The Kier molecular flexibility index (Phi) is 5.13. The first kappa shape index (κ1) is 16.4. The Balaban J connectivity index is 2.17. The van der Waals surface area contributed by atoms with Crippen molar-refractivity contribution in [2.45, 2.75) is 12.8 Å². The second-order valence-electron chi connectivity index (χ2n) is 5.16. The van der Waals surface area contributed by atoms with E-state index in [4.69, 9.17) is 26.8 Å². The summed E-state index contributed by atoms with van der Waals surface area (Å²) in [6.07, 6.45) is 1.17. The number of carbonyl (C=O) groups excluding carboxylic acids is 2. The molecule has 0 radical (unpaired) electrons. The second-order valence-corrected chi connectivity index (χ2v) is 5.57. The summed E-state index contributed by atoms with van der Waals surface area (Å²) in [6.45, 7) is 0.997. The van der Waals surface area contributed by atoms with Crippen LogP contribution in [-0.4, -0.2) is 44.0 Å². The number of amides is 2. The summed E-state index contributed by atoms with van der Waals surface area (Å²) in [5.41, 5.74) is 5.73. The van der Waals surface area contributed by atoms with Gasteiger partial charge in [-0.25, -0.2) is 0 Å². The first-order valence-corrected chi connectivity index (χ1v) is 7.35. The molecule has 1 aromatic carbocycles. The highest BCUT2D eigenvalue weighted by molar-refractivity contribution is 6.32. The third-order valence-corrected chi connectivity index (χ3v) is 4.15. The van der Waals surface area contributed by atoms with Gasteiger partial charge in [-0.2, -0.15) is 0 Å². The molecular formula is C15H19ClN2O4. The van der Waals surface area contributed by atoms with Crippen molar-refractivity contribution in [2.24, 2.45) is 11.7 Å². The summed E-state index contributed by atoms with van der Waals surface area (Å²) in [7, 11) is 2.97. The first-order chi connectivity index (χ1) is 10.5. The number of nitrogens with two attached hydrogens (primary N) is 1. The Morgan fingerprint density at radius 1 is 1.23 bits per heavy atom. The number of rotatable bonds is 4. The summed E-state index contributed by atoms with van der Waals surface area (Å²) in [5, 5.41) is 0.317. The van der Waals surface area contributed by atoms with Gasteiger partial charge in [0.05, 0.1) is 19.2 Å². The molecule has 1 fully saturated rings. The number of nitrogens with zero attached hydrogens (tertiary/aromatic N) is 1. The minimum absolute atomic E-state index is 0.147. The van der Waals surface area contributed by atoms with E-state index in [1.165, 1.54) is 14.2 Å². The van der Waals surface area contributed by atoms with Gasteiger partial charge in [-0.3, -0.25) is 9.59 Å². The smallest absolute Gasteiger partial charge is 0.254 e. The number of benzene rings is 1. The molecule has 1 heterocycles. The van der Waals surface area contributed by atoms with Crippen molar-refractivity contribution in [2.75, 3.05) is 27.3 Å².